The third-order valence-electron chi connectivity index (χ3n) is 1.49. The van der Waals surface area contributed by atoms with Gasteiger partial charge in [-0.2, -0.15) is 0 Å². The highest BCUT2D eigenvalue weighted by Crippen LogP contribution is 2.05. The van der Waals surface area contributed by atoms with E-state index in [1.807, 2.05) is 0 Å². The van der Waals surface area contributed by atoms with E-state index in [2.05, 4.69) is 22.9 Å². The van der Waals surface area contributed by atoms with Crippen LogP contribution in [0.2, 0.25) is 0 Å². The lowest BCUT2D eigenvalue weighted by molar-refractivity contribution is 0.628. The van der Waals surface area contributed by atoms with Crippen molar-refractivity contribution < 1.29 is 0 Å². The maximum absolute atomic E-state index is 3.42. The van der Waals surface area contributed by atoms with Crippen molar-refractivity contribution in [2.75, 3.05) is 5.33 Å². The van der Waals surface area contributed by atoms with Gasteiger partial charge < -0.3 is 0 Å². The van der Waals surface area contributed by atoms with Crippen molar-refractivity contribution in [2.45, 2.75) is 45.4 Å². The average Bonchev–Trinajstić information content (AvgIpc) is 1.89. The first-order valence-electron chi connectivity index (χ1n) is 3.97. The summed E-state index contributed by atoms with van der Waals surface area (Å²) >= 11 is 3.42. The van der Waals surface area contributed by atoms with E-state index in [0.29, 0.717) is 0 Å². The highest BCUT2D eigenvalue weighted by molar-refractivity contribution is 9.09. The Morgan fingerprint density at radius 2 is 1.40 bits per heavy atom. The second-order valence-corrected chi connectivity index (χ2v) is 3.25. The number of hydrogen-bond donors (Lipinski definition) is 0. The van der Waals surface area contributed by atoms with E-state index in [4.69, 9.17) is 0 Å². The van der Waals surface area contributed by atoms with E-state index < -0.39 is 0 Å². The van der Waals surface area contributed by atoms with Gasteiger partial charge >= 0.3 is 0 Å². The first-order valence-corrected chi connectivity index (χ1v) is 5.10. The maximum atomic E-state index is 3.42. The van der Waals surface area contributed by atoms with Crippen molar-refractivity contribution in [3.63, 3.8) is 0 Å². The van der Waals surface area contributed by atoms with Gasteiger partial charge in [0.2, 0.25) is 0 Å². The van der Waals surface area contributed by atoms with Gasteiger partial charge in [-0.25, -0.2) is 0 Å². The number of alkyl halides is 1. The summed E-state index contributed by atoms with van der Waals surface area (Å²) in [6.07, 6.45) is 8.40. The Labute approximate surface area is 83.7 Å². The van der Waals surface area contributed by atoms with Crippen molar-refractivity contribution in [1.29, 1.82) is 0 Å². The second-order valence-electron chi connectivity index (χ2n) is 2.46. The quantitative estimate of drug-likeness (QED) is 0.500. The summed E-state index contributed by atoms with van der Waals surface area (Å²) in [5.41, 5.74) is 0. The zero-order chi connectivity index (χ0) is 6.95. The van der Waals surface area contributed by atoms with E-state index in [9.17, 15) is 0 Å². The Balaban J connectivity index is 0. The van der Waals surface area contributed by atoms with Crippen LogP contribution in [0.3, 0.4) is 0 Å². The molecule has 0 N–H and O–H groups in total. The second kappa shape index (κ2) is 12.6. The van der Waals surface area contributed by atoms with E-state index in [0.717, 1.165) is 0 Å². The molecular weight excluding hydrogens is 256 g/mol. The third-order valence-corrected chi connectivity index (χ3v) is 2.05. The first-order chi connectivity index (χ1) is 4.41. The molecule has 0 aromatic heterocycles. The van der Waals surface area contributed by atoms with Crippen molar-refractivity contribution >= 4 is 32.9 Å². The highest BCUT2D eigenvalue weighted by atomic mass is 79.9. The molecule has 0 unspecified atom stereocenters. The fraction of sp³-hybridized carbons (Fsp3) is 1.00. The van der Waals surface area contributed by atoms with E-state index >= 15 is 0 Å². The molecule has 2 heteroatoms. The van der Waals surface area contributed by atoms with Gasteiger partial charge in [-0.15, -0.1) is 17.0 Å². The average molecular weight is 274 g/mol. The number of rotatable bonds is 6. The Bertz CT molecular complexity index is 40.5. The predicted molar refractivity (Wildman–Crippen MR) is 57.5 cm³/mol. The molecular formula is C8H18Br2. The van der Waals surface area contributed by atoms with E-state index in [-0.39, 0.29) is 17.0 Å². The zero-order valence-corrected chi connectivity index (χ0v) is 10.0. The van der Waals surface area contributed by atoms with Crippen LogP contribution in [0.1, 0.15) is 45.4 Å². The molecule has 0 aliphatic heterocycles. The molecule has 0 fully saturated rings. The SMILES string of the molecule is Br.CCCCCCCCBr. The number of halogens is 2. The summed E-state index contributed by atoms with van der Waals surface area (Å²) in [5, 5.41) is 1.18. The van der Waals surface area contributed by atoms with Crippen molar-refractivity contribution in [1.82, 2.24) is 0 Å². The fourth-order valence-electron chi connectivity index (χ4n) is 0.875. The maximum Gasteiger partial charge on any atom is 0.00313 e. The van der Waals surface area contributed by atoms with Crippen molar-refractivity contribution in [3.05, 3.63) is 0 Å². The summed E-state index contributed by atoms with van der Waals surface area (Å²) in [7, 11) is 0. The topological polar surface area (TPSA) is 0 Å². The predicted octanol–water partition coefficient (Wildman–Crippen LogP) is 4.32. The Morgan fingerprint density at radius 3 is 1.90 bits per heavy atom. The minimum absolute atomic E-state index is 0. The molecule has 0 aromatic carbocycles. The summed E-state index contributed by atoms with van der Waals surface area (Å²) in [5.74, 6) is 0. The molecule has 0 spiro atoms. The summed E-state index contributed by atoms with van der Waals surface area (Å²) < 4.78 is 0. The van der Waals surface area contributed by atoms with Gasteiger partial charge in [-0.3, -0.25) is 0 Å². The van der Waals surface area contributed by atoms with Crippen LogP contribution in [-0.4, -0.2) is 5.33 Å². The van der Waals surface area contributed by atoms with Crippen LogP contribution in [0.4, 0.5) is 0 Å². The normalized spacial score (nSPS) is 9.00. The van der Waals surface area contributed by atoms with Gasteiger partial charge in [0.1, 0.15) is 0 Å². The molecule has 0 saturated heterocycles. The van der Waals surface area contributed by atoms with Crippen LogP contribution in [0.15, 0.2) is 0 Å². The molecule has 0 amide bonds. The third kappa shape index (κ3) is 11.7. The fourth-order valence-corrected chi connectivity index (χ4v) is 1.27. The number of hydrogen-bond acceptors (Lipinski definition) is 0. The van der Waals surface area contributed by atoms with Crippen LogP contribution >= 0.6 is 32.9 Å². The molecule has 0 aliphatic carbocycles. The lowest BCUT2D eigenvalue weighted by Gasteiger charge is -1.95. The monoisotopic (exact) mass is 272 g/mol. The minimum atomic E-state index is 0. The molecule has 0 atom stereocenters. The lowest BCUT2D eigenvalue weighted by Crippen LogP contribution is -1.78. The summed E-state index contributed by atoms with van der Waals surface area (Å²) in [4.78, 5) is 0. The molecule has 10 heavy (non-hydrogen) atoms. The summed E-state index contributed by atoms with van der Waals surface area (Å²) in [6, 6.07) is 0. The standard InChI is InChI=1S/C8H17Br.BrH/c1-2-3-4-5-6-7-8-9;/h2-8H2,1H3;1H. The van der Waals surface area contributed by atoms with Crippen LogP contribution in [0.25, 0.3) is 0 Å². The Kier molecular flexibility index (Phi) is 17.1. The van der Waals surface area contributed by atoms with Crippen LogP contribution < -0.4 is 0 Å². The van der Waals surface area contributed by atoms with Gasteiger partial charge in [-0.05, 0) is 6.42 Å². The van der Waals surface area contributed by atoms with Gasteiger partial charge in [0, 0.05) is 5.33 Å². The molecule has 0 aromatic rings. The molecule has 0 nitrogen and oxygen atoms in total. The van der Waals surface area contributed by atoms with E-state index in [1.165, 1.54) is 43.9 Å². The van der Waals surface area contributed by atoms with Crippen molar-refractivity contribution in [3.8, 4) is 0 Å². The molecule has 0 saturated carbocycles. The molecule has 0 rings (SSSR count). The molecule has 64 valence electrons. The lowest BCUT2D eigenvalue weighted by atomic mass is 10.1. The minimum Gasteiger partial charge on any atom is -0.114 e. The Morgan fingerprint density at radius 1 is 0.900 bits per heavy atom. The van der Waals surface area contributed by atoms with Crippen molar-refractivity contribution in [2.24, 2.45) is 0 Å². The van der Waals surface area contributed by atoms with Crippen LogP contribution in [0.5, 0.6) is 0 Å². The largest absolute Gasteiger partial charge is 0.114 e. The van der Waals surface area contributed by atoms with Gasteiger partial charge in [0.05, 0.1) is 0 Å². The van der Waals surface area contributed by atoms with E-state index in [1.54, 1.807) is 0 Å². The highest BCUT2D eigenvalue weighted by Gasteiger charge is 1.86. The molecule has 0 heterocycles. The van der Waals surface area contributed by atoms with Crippen LogP contribution in [0, 0.1) is 0 Å². The number of unbranched alkanes of at least 4 members (excludes halogenated alkanes) is 5. The molecule has 0 bridgehead atoms. The Hall–Kier alpha value is 0.960. The first kappa shape index (κ1) is 13.5. The summed E-state index contributed by atoms with van der Waals surface area (Å²) in [6.45, 7) is 2.25. The molecule has 0 aliphatic rings. The van der Waals surface area contributed by atoms with Gasteiger partial charge in [0.25, 0.3) is 0 Å². The molecule has 0 radical (unpaired) electrons. The zero-order valence-electron chi connectivity index (χ0n) is 6.74. The van der Waals surface area contributed by atoms with Gasteiger partial charge in [-0.1, -0.05) is 55.0 Å². The smallest absolute Gasteiger partial charge is 0.00313 e. The van der Waals surface area contributed by atoms with Crippen LogP contribution in [-0.2, 0) is 0 Å². The van der Waals surface area contributed by atoms with Gasteiger partial charge in [0.15, 0.2) is 0 Å².